The Morgan fingerprint density at radius 1 is 0.667 bits per heavy atom. The summed E-state index contributed by atoms with van der Waals surface area (Å²) in [7, 11) is 0. The Morgan fingerprint density at radius 2 is 1.29 bits per heavy atom. The van der Waals surface area contributed by atoms with Crippen LogP contribution in [0.3, 0.4) is 0 Å². The molecule has 0 atom stereocenters. The smallest absolute Gasteiger partial charge is 0.0745 e. The minimum atomic E-state index is 1.05. The zero-order chi connectivity index (χ0) is 16.5. The Kier molecular flexibility index (Phi) is 3.62. The van der Waals surface area contributed by atoms with Crippen LogP contribution in [0.25, 0.3) is 33.3 Å². The van der Waals surface area contributed by atoms with Crippen molar-refractivity contribution in [1.82, 2.24) is 4.98 Å². The highest BCUT2D eigenvalue weighted by atomic mass is 14.7. The maximum absolute atomic E-state index is 4.99. The van der Waals surface area contributed by atoms with Gasteiger partial charge in [0.05, 0.1) is 11.2 Å². The SMILES string of the molecule is Cc1ccc2c(-c3ccccc3)c(C)c(-c3ccccc3)nc2c1. The maximum Gasteiger partial charge on any atom is 0.0745 e. The summed E-state index contributed by atoms with van der Waals surface area (Å²) in [6.07, 6.45) is 0. The van der Waals surface area contributed by atoms with Gasteiger partial charge in [-0.05, 0) is 42.2 Å². The monoisotopic (exact) mass is 309 g/mol. The molecular formula is C23H19N. The van der Waals surface area contributed by atoms with Crippen LogP contribution in [0.5, 0.6) is 0 Å². The van der Waals surface area contributed by atoms with Gasteiger partial charge in [0.25, 0.3) is 0 Å². The van der Waals surface area contributed by atoms with Crippen LogP contribution in [0.15, 0.2) is 78.9 Å². The maximum atomic E-state index is 4.99. The molecule has 0 aliphatic rings. The third-order valence-corrected chi connectivity index (χ3v) is 4.49. The molecule has 0 N–H and O–H groups in total. The van der Waals surface area contributed by atoms with Gasteiger partial charge < -0.3 is 0 Å². The van der Waals surface area contributed by atoms with Crippen molar-refractivity contribution < 1.29 is 0 Å². The van der Waals surface area contributed by atoms with Crippen molar-refractivity contribution in [2.75, 3.05) is 0 Å². The second kappa shape index (κ2) is 5.93. The number of fused-ring (bicyclic) bond motifs is 1. The van der Waals surface area contributed by atoms with Gasteiger partial charge in [0, 0.05) is 10.9 Å². The van der Waals surface area contributed by atoms with Crippen molar-refractivity contribution in [3.05, 3.63) is 90.0 Å². The molecule has 0 saturated carbocycles. The normalized spacial score (nSPS) is 10.9. The number of aryl methyl sites for hydroxylation is 1. The molecule has 1 heterocycles. The first kappa shape index (κ1) is 14.6. The lowest BCUT2D eigenvalue weighted by Crippen LogP contribution is -1.95. The molecule has 0 bridgehead atoms. The average Bonchev–Trinajstić information content (AvgIpc) is 2.63. The van der Waals surface area contributed by atoms with Gasteiger partial charge in [-0.3, -0.25) is 0 Å². The van der Waals surface area contributed by atoms with E-state index in [4.69, 9.17) is 4.98 Å². The summed E-state index contributed by atoms with van der Waals surface area (Å²) in [4.78, 5) is 4.99. The molecule has 0 amide bonds. The fourth-order valence-corrected chi connectivity index (χ4v) is 3.32. The molecule has 1 aromatic heterocycles. The standard InChI is InChI=1S/C23H19N/c1-16-13-14-20-21(15-16)24-23(19-11-7-4-8-12-19)17(2)22(20)18-9-5-3-6-10-18/h3-15H,1-2H3. The van der Waals surface area contributed by atoms with Gasteiger partial charge in [-0.15, -0.1) is 0 Å². The number of nitrogens with zero attached hydrogens (tertiary/aromatic N) is 1. The number of hydrogen-bond acceptors (Lipinski definition) is 1. The van der Waals surface area contributed by atoms with E-state index in [0.717, 1.165) is 16.8 Å². The van der Waals surface area contributed by atoms with Crippen molar-refractivity contribution in [2.45, 2.75) is 13.8 Å². The summed E-state index contributed by atoms with van der Waals surface area (Å²) in [6, 6.07) is 27.6. The molecule has 0 spiro atoms. The number of pyridine rings is 1. The highest BCUT2D eigenvalue weighted by Crippen LogP contribution is 2.36. The third-order valence-electron chi connectivity index (χ3n) is 4.49. The van der Waals surface area contributed by atoms with E-state index in [0.29, 0.717) is 0 Å². The number of rotatable bonds is 2. The molecule has 24 heavy (non-hydrogen) atoms. The first-order valence-electron chi connectivity index (χ1n) is 8.26. The Balaban J connectivity index is 2.11. The minimum absolute atomic E-state index is 1.05. The van der Waals surface area contributed by atoms with Crippen LogP contribution in [0.1, 0.15) is 11.1 Å². The van der Waals surface area contributed by atoms with E-state index < -0.39 is 0 Å². The minimum Gasteiger partial charge on any atom is -0.247 e. The molecule has 0 fully saturated rings. The largest absolute Gasteiger partial charge is 0.247 e. The van der Waals surface area contributed by atoms with Crippen LogP contribution < -0.4 is 0 Å². The summed E-state index contributed by atoms with van der Waals surface area (Å²) in [6.45, 7) is 4.29. The van der Waals surface area contributed by atoms with Crippen LogP contribution in [-0.4, -0.2) is 4.98 Å². The van der Waals surface area contributed by atoms with Gasteiger partial charge in [0.1, 0.15) is 0 Å². The number of hydrogen-bond donors (Lipinski definition) is 0. The molecule has 3 aromatic carbocycles. The van der Waals surface area contributed by atoms with Crippen molar-refractivity contribution in [1.29, 1.82) is 0 Å². The molecule has 0 radical (unpaired) electrons. The van der Waals surface area contributed by atoms with Crippen LogP contribution in [0.2, 0.25) is 0 Å². The van der Waals surface area contributed by atoms with E-state index in [2.05, 4.69) is 86.6 Å². The van der Waals surface area contributed by atoms with E-state index in [1.807, 2.05) is 6.07 Å². The van der Waals surface area contributed by atoms with Gasteiger partial charge in [0.2, 0.25) is 0 Å². The predicted molar refractivity (Wildman–Crippen MR) is 102 cm³/mol. The Labute approximate surface area is 142 Å². The molecule has 1 heteroatoms. The van der Waals surface area contributed by atoms with Gasteiger partial charge in [0.15, 0.2) is 0 Å². The summed E-state index contributed by atoms with van der Waals surface area (Å²) in [5.74, 6) is 0. The molecule has 0 unspecified atom stereocenters. The van der Waals surface area contributed by atoms with Gasteiger partial charge in [-0.2, -0.15) is 0 Å². The van der Waals surface area contributed by atoms with Gasteiger partial charge >= 0.3 is 0 Å². The van der Waals surface area contributed by atoms with Crippen molar-refractivity contribution >= 4 is 10.9 Å². The lowest BCUT2D eigenvalue weighted by atomic mass is 9.92. The van der Waals surface area contributed by atoms with Gasteiger partial charge in [-0.25, -0.2) is 4.98 Å². The lowest BCUT2D eigenvalue weighted by Gasteiger charge is -2.15. The molecule has 0 aliphatic carbocycles. The van der Waals surface area contributed by atoms with Gasteiger partial charge in [-0.1, -0.05) is 72.8 Å². The lowest BCUT2D eigenvalue weighted by molar-refractivity contribution is 1.32. The van der Waals surface area contributed by atoms with E-state index in [1.54, 1.807) is 0 Å². The van der Waals surface area contributed by atoms with E-state index in [1.165, 1.54) is 27.6 Å². The second-order valence-corrected chi connectivity index (χ2v) is 6.21. The number of benzene rings is 3. The van der Waals surface area contributed by atoms with Crippen LogP contribution in [0, 0.1) is 13.8 Å². The predicted octanol–water partition coefficient (Wildman–Crippen LogP) is 6.19. The fraction of sp³-hybridized carbons (Fsp3) is 0.0870. The Morgan fingerprint density at radius 3 is 1.96 bits per heavy atom. The van der Waals surface area contributed by atoms with Crippen LogP contribution in [0.4, 0.5) is 0 Å². The Hall–Kier alpha value is -2.93. The summed E-state index contributed by atoms with van der Waals surface area (Å²) < 4.78 is 0. The second-order valence-electron chi connectivity index (χ2n) is 6.21. The first-order valence-corrected chi connectivity index (χ1v) is 8.26. The van der Waals surface area contributed by atoms with E-state index in [-0.39, 0.29) is 0 Å². The third kappa shape index (κ3) is 2.48. The topological polar surface area (TPSA) is 12.9 Å². The zero-order valence-electron chi connectivity index (χ0n) is 14.0. The molecule has 1 nitrogen and oxygen atoms in total. The van der Waals surface area contributed by atoms with E-state index in [9.17, 15) is 0 Å². The summed E-state index contributed by atoms with van der Waals surface area (Å²) >= 11 is 0. The van der Waals surface area contributed by atoms with Crippen LogP contribution >= 0.6 is 0 Å². The quantitative estimate of drug-likeness (QED) is 0.430. The average molecular weight is 309 g/mol. The number of aromatic nitrogens is 1. The molecular weight excluding hydrogens is 290 g/mol. The fourth-order valence-electron chi connectivity index (χ4n) is 3.32. The molecule has 4 aromatic rings. The van der Waals surface area contributed by atoms with Crippen molar-refractivity contribution in [3.63, 3.8) is 0 Å². The summed E-state index contributed by atoms with van der Waals surface area (Å²) in [5, 5.41) is 1.21. The first-order chi connectivity index (χ1) is 11.7. The Bertz CT molecular complexity index is 1000. The van der Waals surface area contributed by atoms with Crippen LogP contribution in [-0.2, 0) is 0 Å². The van der Waals surface area contributed by atoms with E-state index >= 15 is 0 Å². The zero-order valence-corrected chi connectivity index (χ0v) is 14.0. The summed E-state index contributed by atoms with van der Waals surface area (Å²) in [5.41, 5.74) is 8.25. The molecule has 4 rings (SSSR count). The van der Waals surface area contributed by atoms with Crippen molar-refractivity contribution in [3.8, 4) is 22.4 Å². The highest BCUT2D eigenvalue weighted by Gasteiger charge is 2.14. The molecule has 0 saturated heterocycles. The van der Waals surface area contributed by atoms with Crippen molar-refractivity contribution in [2.24, 2.45) is 0 Å². The highest BCUT2D eigenvalue weighted by molar-refractivity contribution is 5.99. The molecule has 116 valence electrons. The molecule has 0 aliphatic heterocycles.